The molecule has 1 unspecified atom stereocenters. The van der Waals surface area contributed by atoms with Gasteiger partial charge in [0.2, 0.25) is 0 Å². The summed E-state index contributed by atoms with van der Waals surface area (Å²) < 4.78 is 16.3. The number of methoxy groups -OCH3 is 2. The molecule has 0 radical (unpaired) electrons. The van der Waals surface area contributed by atoms with E-state index in [-0.39, 0.29) is 17.5 Å². The molecular weight excluding hydrogens is 332 g/mol. The molecule has 1 atom stereocenters. The zero-order chi connectivity index (χ0) is 18.6. The fraction of sp³-hybridized carbons (Fsp3) is 0.650. The maximum Gasteiger partial charge on any atom is 0.312 e. The third-order valence-corrected chi connectivity index (χ3v) is 5.63. The van der Waals surface area contributed by atoms with Gasteiger partial charge in [-0.05, 0) is 57.1 Å². The molecule has 2 aliphatic heterocycles. The number of carbonyl (C=O) groups excluding carboxylic acids is 1. The Morgan fingerprint density at radius 1 is 1.23 bits per heavy atom. The van der Waals surface area contributed by atoms with Crippen molar-refractivity contribution in [2.75, 3.05) is 47.4 Å². The molecule has 0 aromatic heterocycles. The Morgan fingerprint density at radius 3 is 2.65 bits per heavy atom. The second-order valence-electron chi connectivity index (χ2n) is 7.46. The summed E-state index contributed by atoms with van der Waals surface area (Å²) in [7, 11) is 5.38. The second kappa shape index (κ2) is 8.27. The summed E-state index contributed by atoms with van der Waals surface area (Å²) in [6.45, 7) is 3.51. The van der Waals surface area contributed by atoms with E-state index in [1.165, 1.54) is 5.56 Å². The Morgan fingerprint density at radius 2 is 1.96 bits per heavy atom. The van der Waals surface area contributed by atoms with Crippen LogP contribution in [-0.2, 0) is 16.0 Å². The van der Waals surface area contributed by atoms with Gasteiger partial charge in [0.25, 0.3) is 0 Å². The van der Waals surface area contributed by atoms with Gasteiger partial charge in [-0.3, -0.25) is 4.79 Å². The summed E-state index contributed by atoms with van der Waals surface area (Å²) >= 11 is 0. The molecule has 2 aliphatic rings. The molecular formula is C20H30N2O4. The predicted molar refractivity (Wildman–Crippen MR) is 99.8 cm³/mol. The monoisotopic (exact) mass is 362 g/mol. The van der Waals surface area contributed by atoms with Crippen molar-refractivity contribution in [2.45, 2.75) is 31.8 Å². The highest BCUT2D eigenvalue weighted by molar-refractivity contribution is 5.79. The number of ether oxygens (including phenoxy) is 3. The SMILES string of the molecule is COc1ccc(CCN(C)CC2CC3(CCNCC3)C(=O)O2)cc1OC. The molecule has 6 nitrogen and oxygen atoms in total. The van der Waals surface area contributed by atoms with E-state index in [1.807, 2.05) is 12.1 Å². The zero-order valence-electron chi connectivity index (χ0n) is 16.0. The summed E-state index contributed by atoms with van der Waals surface area (Å²) in [6.07, 6.45) is 3.58. The van der Waals surface area contributed by atoms with Gasteiger partial charge >= 0.3 is 5.97 Å². The van der Waals surface area contributed by atoms with Gasteiger partial charge < -0.3 is 24.4 Å². The first-order valence-electron chi connectivity index (χ1n) is 9.37. The first-order chi connectivity index (χ1) is 12.6. The molecule has 2 fully saturated rings. The maximum absolute atomic E-state index is 12.4. The van der Waals surface area contributed by atoms with Crippen LogP contribution in [0.2, 0.25) is 0 Å². The summed E-state index contributed by atoms with van der Waals surface area (Å²) in [5.74, 6) is 1.51. The van der Waals surface area contributed by atoms with Gasteiger partial charge in [-0.1, -0.05) is 6.07 Å². The van der Waals surface area contributed by atoms with Crippen LogP contribution in [-0.4, -0.2) is 64.4 Å². The topological polar surface area (TPSA) is 60.0 Å². The van der Waals surface area contributed by atoms with Gasteiger partial charge in [0.1, 0.15) is 6.10 Å². The molecule has 2 saturated heterocycles. The molecule has 1 spiro atoms. The van der Waals surface area contributed by atoms with Gasteiger partial charge in [-0.15, -0.1) is 0 Å². The Labute approximate surface area is 155 Å². The average molecular weight is 362 g/mol. The van der Waals surface area contributed by atoms with Crippen LogP contribution in [0.3, 0.4) is 0 Å². The fourth-order valence-corrected chi connectivity index (χ4v) is 4.05. The number of rotatable bonds is 7. The number of hydrogen-bond donors (Lipinski definition) is 1. The van der Waals surface area contributed by atoms with Crippen LogP contribution in [0.25, 0.3) is 0 Å². The van der Waals surface area contributed by atoms with Crippen molar-refractivity contribution in [3.05, 3.63) is 23.8 Å². The van der Waals surface area contributed by atoms with E-state index in [0.29, 0.717) is 0 Å². The van der Waals surface area contributed by atoms with E-state index in [2.05, 4.69) is 23.3 Å². The third-order valence-electron chi connectivity index (χ3n) is 5.63. The van der Waals surface area contributed by atoms with Crippen LogP contribution in [0.4, 0.5) is 0 Å². The van der Waals surface area contributed by atoms with Crippen LogP contribution in [0.5, 0.6) is 11.5 Å². The Bertz CT molecular complexity index is 628. The molecule has 144 valence electrons. The number of esters is 1. The Kier molecular flexibility index (Phi) is 6.04. The minimum absolute atomic E-state index is 0.0102. The largest absolute Gasteiger partial charge is 0.493 e. The first kappa shape index (κ1) is 19.0. The third kappa shape index (κ3) is 4.13. The smallest absolute Gasteiger partial charge is 0.312 e. The highest BCUT2D eigenvalue weighted by Gasteiger charge is 2.49. The highest BCUT2D eigenvalue weighted by Crippen LogP contribution is 2.41. The highest BCUT2D eigenvalue weighted by atomic mass is 16.6. The molecule has 0 amide bonds. The molecule has 0 aliphatic carbocycles. The lowest BCUT2D eigenvalue weighted by Gasteiger charge is -2.29. The van der Waals surface area contributed by atoms with Crippen molar-refractivity contribution in [3.8, 4) is 11.5 Å². The van der Waals surface area contributed by atoms with Crippen molar-refractivity contribution in [1.29, 1.82) is 0 Å². The summed E-state index contributed by atoms with van der Waals surface area (Å²) in [6, 6.07) is 6.02. The molecule has 6 heteroatoms. The normalized spacial score (nSPS) is 21.8. The molecule has 26 heavy (non-hydrogen) atoms. The number of likely N-dealkylation sites (N-methyl/N-ethyl adjacent to an activating group) is 1. The first-order valence-corrected chi connectivity index (χ1v) is 9.37. The molecule has 1 aromatic carbocycles. The summed E-state index contributed by atoms with van der Waals surface area (Å²) in [4.78, 5) is 14.6. The molecule has 0 bridgehead atoms. The standard InChI is InChI=1S/C20H30N2O4/c1-22(11-6-15-4-5-17(24-2)18(12-15)25-3)14-16-13-20(19(23)26-16)7-9-21-10-8-20/h4-5,12,16,21H,6-11,13-14H2,1-3H3. The van der Waals surface area contributed by atoms with E-state index in [1.54, 1.807) is 14.2 Å². The predicted octanol–water partition coefficient (Wildman–Crippen LogP) is 1.86. The summed E-state index contributed by atoms with van der Waals surface area (Å²) in [5, 5.41) is 3.33. The average Bonchev–Trinajstić information content (AvgIpc) is 2.94. The van der Waals surface area contributed by atoms with Gasteiger partial charge in [0.05, 0.1) is 19.6 Å². The van der Waals surface area contributed by atoms with Crippen molar-refractivity contribution in [3.63, 3.8) is 0 Å². The Hall–Kier alpha value is -1.79. The van der Waals surface area contributed by atoms with Gasteiger partial charge in [0, 0.05) is 19.5 Å². The number of carbonyl (C=O) groups is 1. The van der Waals surface area contributed by atoms with Crippen molar-refractivity contribution in [1.82, 2.24) is 10.2 Å². The lowest BCUT2D eigenvalue weighted by Crippen LogP contribution is -2.39. The van der Waals surface area contributed by atoms with Crippen LogP contribution >= 0.6 is 0 Å². The number of piperidine rings is 1. The second-order valence-corrected chi connectivity index (χ2v) is 7.46. The molecule has 0 saturated carbocycles. The minimum atomic E-state index is -0.236. The van der Waals surface area contributed by atoms with E-state index < -0.39 is 0 Å². The minimum Gasteiger partial charge on any atom is -0.493 e. The van der Waals surface area contributed by atoms with Crippen molar-refractivity contribution >= 4 is 5.97 Å². The number of benzene rings is 1. The van der Waals surface area contributed by atoms with Crippen molar-refractivity contribution in [2.24, 2.45) is 5.41 Å². The van der Waals surface area contributed by atoms with Crippen LogP contribution in [0.1, 0.15) is 24.8 Å². The zero-order valence-corrected chi connectivity index (χ0v) is 16.0. The van der Waals surface area contributed by atoms with Crippen LogP contribution in [0.15, 0.2) is 18.2 Å². The number of hydrogen-bond acceptors (Lipinski definition) is 6. The molecule has 2 heterocycles. The van der Waals surface area contributed by atoms with Gasteiger partial charge in [0.15, 0.2) is 11.5 Å². The molecule has 3 rings (SSSR count). The van der Waals surface area contributed by atoms with Crippen molar-refractivity contribution < 1.29 is 19.0 Å². The van der Waals surface area contributed by atoms with Gasteiger partial charge in [-0.2, -0.15) is 0 Å². The lowest BCUT2D eigenvalue weighted by molar-refractivity contribution is -0.150. The van der Waals surface area contributed by atoms with E-state index in [9.17, 15) is 4.79 Å². The fourth-order valence-electron chi connectivity index (χ4n) is 4.05. The molecule has 1 N–H and O–H groups in total. The maximum atomic E-state index is 12.4. The van der Waals surface area contributed by atoms with Crippen LogP contribution in [0, 0.1) is 5.41 Å². The van der Waals surface area contributed by atoms with E-state index in [0.717, 1.165) is 63.4 Å². The number of nitrogens with one attached hydrogen (secondary N) is 1. The lowest BCUT2D eigenvalue weighted by atomic mass is 9.76. The molecule has 1 aromatic rings. The number of nitrogens with zero attached hydrogens (tertiary/aromatic N) is 1. The quantitative estimate of drug-likeness (QED) is 0.747. The van der Waals surface area contributed by atoms with Gasteiger partial charge in [-0.25, -0.2) is 0 Å². The van der Waals surface area contributed by atoms with Crippen LogP contribution < -0.4 is 14.8 Å². The van der Waals surface area contributed by atoms with E-state index >= 15 is 0 Å². The summed E-state index contributed by atoms with van der Waals surface area (Å²) in [5.41, 5.74) is 0.966. The number of cyclic esters (lactones) is 1. The van der Waals surface area contributed by atoms with E-state index in [4.69, 9.17) is 14.2 Å². The Balaban J connectivity index is 1.50.